The summed E-state index contributed by atoms with van der Waals surface area (Å²) in [5.74, 6) is 0.526. The van der Waals surface area contributed by atoms with Gasteiger partial charge in [0.25, 0.3) is 0 Å². The van der Waals surface area contributed by atoms with Crippen LogP contribution in [0.3, 0.4) is 0 Å². The van der Waals surface area contributed by atoms with Gasteiger partial charge in [-0.25, -0.2) is 9.97 Å². The number of aromatic nitrogens is 2. The van der Waals surface area contributed by atoms with Crippen molar-refractivity contribution in [2.45, 2.75) is 6.92 Å². The predicted octanol–water partition coefficient (Wildman–Crippen LogP) is 4.95. The van der Waals surface area contributed by atoms with Crippen molar-refractivity contribution in [2.75, 3.05) is 5.32 Å². The molecule has 0 aliphatic heterocycles. The van der Waals surface area contributed by atoms with E-state index in [1.54, 1.807) is 18.5 Å². The molecule has 3 rings (SSSR count). The quantitative estimate of drug-likeness (QED) is 0.539. The van der Waals surface area contributed by atoms with E-state index < -0.39 is 0 Å². The molecule has 0 fully saturated rings. The topological polar surface area (TPSA) is 37.8 Å². The number of nitrogens with one attached hydrogen (secondary N) is 1. The van der Waals surface area contributed by atoms with Gasteiger partial charge in [-0.1, -0.05) is 48.1 Å². The van der Waals surface area contributed by atoms with Crippen molar-refractivity contribution in [3.63, 3.8) is 0 Å². The zero-order valence-electron chi connectivity index (χ0n) is 12.5. The Bertz CT molecular complexity index is 850. The van der Waals surface area contributed by atoms with Crippen LogP contribution in [0.1, 0.15) is 16.7 Å². The van der Waals surface area contributed by atoms with Gasteiger partial charge in [0.15, 0.2) is 0 Å². The molecule has 5 heteroatoms. The smallest absolute Gasteiger partial charge is 0.227 e. The van der Waals surface area contributed by atoms with Gasteiger partial charge in [0, 0.05) is 23.6 Å². The third kappa shape index (κ3) is 3.55. The number of hydrogen-bond donors (Lipinski definition) is 1. The van der Waals surface area contributed by atoms with Crippen LogP contribution >= 0.6 is 23.8 Å². The molecule has 0 saturated heterocycles. The summed E-state index contributed by atoms with van der Waals surface area (Å²) in [7, 11) is 0. The zero-order chi connectivity index (χ0) is 16.2. The second-order valence-corrected chi connectivity index (χ2v) is 5.85. The SMILES string of the molecule is Cc1ccccc1C(=S)c1ccc(Nc2ncccn2)cc1Cl. The maximum absolute atomic E-state index is 6.42. The molecular weight excluding hydrogens is 326 g/mol. The van der Waals surface area contributed by atoms with E-state index in [0.29, 0.717) is 11.0 Å². The van der Waals surface area contributed by atoms with E-state index in [-0.39, 0.29) is 0 Å². The molecule has 0 saturated carbocycles. The number of nitrogens with zero attached hydrogens (tertiary/aromatic N) is 2. The lowest BCUT2D eigenvalue weighted by atomic mass is 10.00. The maximum Gasteiger partial charge on any atom is 0.227 e. The average Bonchev–Trinajstić information content (AvgIpc) is 2.56. The summed E-state index contributed by atoms with van der Waals surface area (Å²) in [6.45, 7) is 2.04. The Morgan fingerprint density at radius 1 is 1.00 bits per heavy atom. The van der Waals surface area contributed by atoms with E-state index in [4.69, 9.17) is 23.8 Å². The minimum Gasteiger partial charge on any atom is -0.324 e. The first-order valence-corrected chi connectivity index (χ1v) is 7.87. The van der Waals surface area contributed by atoms with Gasteiger partial charge in [0.05, 0.1) is 9.89 Å². The van der Waals surface area contributed by atoms with Crippen LogP contribution in [0.4, 0.5) is 11.6 Å². The Balaban J connectivity index is 1.88. The normalized spacial score (nSPS) is 10.3. The van der Waals surface area contributed by atoms with Crippen LogP contribution in [0, 0.1) is 6.92 Å². The summed E-state index contributed by atoms with van der Waals surface area (Å²) >= 11 is 12.0. The molecule has 0 atom stereocenters. The minimum atomic E-state index is 0.526. The Hall–Kier alpha value is -2.30. The summed E-state index contributed by atoms with van der Waals surface area (Å²) < 4.78 is 0. The van der Waals surface area contributed by atoms with Gasteiger partial charge in [-0.3, -0.25) is 0 Å². The molecule has 0 aliphatic rings. The summed E-state index contributed by atoms with van der Waals surface area (Å²) in [5, 5.41) is 3.71. The fourth-order valence-electron chi connectivity index (χ4n) is 2.24. The molecule has 3 aromatic rings. The zero-order valence-corrected chi connectivity index (χ0v) is 14.0. The van der Waals surface area contributed by atoms with Crippen LogP contribution in [0.5, 0.6) is 0 Å². The van der Waals surface area contributed by atoms with Gasteiger partial charge in [-0.05, 0) is 42.3 Å². The van der Waals surface area contributed by atoms with Crippen LogP contribution in [0.2, 0.25) is 5.02 Å². The summed E-state index contributed by atoms with van der Waals surface area (Å²) in [5.41, 5.74) is 3.82. The van der Waals surface area contributed by atoms with E-state index in [1.807, 2.05) is 49.4 Å². The highest BCUT2D eigenvalue weighted by molar-refractivity contribution is 7.81. The lowest BCUT2D eigenvalue weighted by Crippen LogP contribution is -2.03. The first kappa shape index (κ1) is 15.6. The fourth-order valence-corrected chi connectivity index (χ4v) is 2.98. The molecule has 1 aromatic heterocycles. The maximum atomic E-state index is 6.42. The largest absolute Gasteiger partial charge is 0.324 e. The summed E-state index contributed by atoms with van der Waals surface area (Å²) in [4.78, 5) is 9.00. The number of hydrogen-bond acceptors (Lipinski definition) is 4. The van der Waals surface area contributed by atoms with Crippen molar-refractivity contribution in [1.29, 1.82) is 0 Å². The van der Waals surface area contributed by atoms with Crippen LogP contribution in [0.25, 0.3) is 0 Å². The van der Waals surface area contributed by atoms with Gasteiger partial charge >= 0.3 is 0 Å². The third-order valence-corrected chi connectivity index (χ3v) is 4.18. The van der Waals surface area contributed by atoms with Crippen molar-refractivity contribution in [3.8, 4) is 0 Å². The van der Waals surface area contributed by atoms with Crippen molar-refractivity contribution >= 4 is 40.3 Å². The molecule has 0 bridgehead atoms. The van der Waals surface area contributed by atoms with Gasteiger partial charge in [-0.2, -0.15) is 0 Å². The van der Waals surface area contributed by atoms with Crippen LogP contribution in [-0.2, 0) is 0 Å². The Labute approximate surface area is 145 Å². The van der Waals surface area contributed by atoms with E-state index in [0.717, 1.165) is 27.2 Å². The fraction of sp³-hybridized carbons (Fsp3) is 0.0556. The molecule has 1 heterocycles. The Morgan fingerprint density at radius 3 is 2.43 bits per heavy atom. The van der Waals surface area contributed by atoms with E-state index in [1.165, 1.54) is 0 Å². The molecule has 0 unspecified atom stereocenters. The second kappa shape index (κ2) is 6.86. The number of halogens is 1. The van der Waals surface area contributed by atoms with Crippen molar-refractivity contribution in [1.82, 2.24) is 9.97 Å². The number of aryl methyl sites for hydroxylation is 1. The summed E-state index contributed by atoms with van der Waals surface area (Å²) in [6, 6.07) is 15.5. The lowest BCUT2D eigenvalue weighted by Gasteiger charge is -2.11. The van der Waals surface area contributed by atoms with Crippen LogP contribution in [0.15, 0.2) is 60.9 Å². The van der Waals surface area contributed by atoms with E-state index >= 15 is 0 Å². The number of rotatable bonds is 4. The van der Waals surface area contributed by atoms with Gasteiger partial charge in [-0.15, -0.1) is 0 Å². The van der Waals surface area contributed by atoms with Crippen molar-refractivity contribution in [3.05, 3.63) is 82.6 Å². The Kier molecular flexibility index (Phi) is 4.65. The van der Waals surface area contributed by atoms with Crippen molar-refractivity contribution in [2.24, 2.45) is 0 Å². The molecule has 0 spiro atoms. The van der Waals surface area contributed by atoms with Gasteiger partial charge < -0.3 is 5.32 Å². The number of benzene rings is 2. The molecule has 23 heavy (non-hydrogen) atoms. The monoisotopic (exact) mass is 339 g/mol. The third-order valence-electron chi connectivity index (χ3n) is 3.43. The lowest BCUT2D eigenvalue weighted by molar-refractivity contribution is 1.17. The van der Waals surface area contributed by atoms with Crippen molar-refractivity contribution < 1.29 is 0 Å². The highest BCUT2D eigenvalue weighted by Gasteiger charge is 2.11. The highest BCUT2D eigenvalue weighted by Crippen LogP contribution is 2.26. The molecule has 1 N–H and O–H groups in total. The number of anilines is 2. The second-order valence-electron chi connectivity index (χ2n) is 5.04. The van der Waals surface area contributed by atoms with Crippen LogP contribution in [-0.4, -0.2) is 14.8 Å². The molecule has 3 nitrogen and oxygen atoms in total. The molecular formula is C18H14ClN3S. The molecule has 0 aliphatic carbocycles. The minimum absolute atomic E-state index is 0.526. The van der Waals surface area contributed by atoms with Gasteiger partial charge in [0.1, 0.15) is 0 Å². The van der Waals surface area contributed by atoms with Crippen LogP contribution < -0.4 is 5.32 Å². The summed E-state index contributed by atoms with van der Waals surface area (Å²) in [6.07, 6.45) is 3.36. The molecule has 114 valence electrons. The molecule has 2 aromatic carbocycles. The average molecular weight is 340 g/mol. The first-order chi connectivity index (χ1) is 11.1. The van der Waals surface area contributed by atoms with Gasteiger partial charge in [0.2, 0.25) is 5.95 Å². The van der Waals surface area contributed by atoms with E-state index in [9.17, 15) is 0 Å². The molecule has 0 radical (unpaired) electrons. The Morgan fingerprint density at radius 2 is 1.74 bits per heavy atom. The van der Waals surface area contributed by atoms with E-state index in [2.05, 4.69) is 15.3 Å². The standard InChI is InChI=1S/C18H14ClN3S/c1-12-5-2-3-6-14(12)17(23)15-8-7-13(11-16(15)19)22-18-20-9-4-10-21-18/h2-11H,1H3,(H,20,21,22). The molecule has 0 amide bonds. The highest BCUT2D eigenvalue weighted by atomic mass is 35.5. The predicted molar refractivity (Wildman–Crippen MR) is 98.7 cm³/mol. The number of thiocarbonyl (C=S) groups is 1. The first-order valence-electron chi connectivity index (χ1n) is 7.09.